The van der Waals surface area contributed by atoms with Gasteiger partial charge < -0.3 is 9.80 Å². The highest BCUT2D eigenvalue weighted by atomic mass is 16.6. The van der Waals surface area contributed by atoms with Crippen molar-refractivity contribution < 1.29 is 4.92 Å². The number of aromatic nitrogens is 2. The van der Waals surface area contributed by atoms with Gasteiger partial charge in [0.15, 0.2) is 0 Å². The Hall–Kier alpha value is -2.52. The number of fused-ring (bicyclic) bond motifs is 1. The van der Waals surface area contributed by atoms with Gasteiger partial charge in [0.1, 0.15) is 5.65 Å². The summed E-state index contributed by atoms with van der Waals surface area (Å²) in [5.41, 5.74) is -0.638. The van der Waals surface area contributed by atoms with Crippen molar-refractivity contribution >= 4 is 17.2 Å². The third-order valence-electron chi connectivity index (χ3n) is 5.60. The zero-order valence-corrected chi connectivity index (χ0v) is 15.5. The molecule has 1 unspecified atom stereocenters. The third kappa shape index (κ3) is 3.40. The zero-order valence-electron chi connectivity index (χ0n) is 15.5. The van der Waals surface area contributed by atoms with Crippen LogP contribution in [0, 0.1) is 10.1 Å². The van der Waals surface area contributed by atoms with Gasteiger partial charge in [-0.15, -0.1) is 0 Å². The van der Waals surface area contributed by atoms with Crippen LogP contribution < -0.4 is 10.5 Å². The predicted molar refractivity (Wildman–Crippen MR) is 102 cm³/mol. The lowest BCUT2D eigenvalue weighted by Gasteiger charge is -2.42. The highest BCUT2D eigenvalue weighted by Crippen LogP contribution is 2.25. The molecule has 0 aliphatic carbocycles. The van der Waals surface area contributed by atoms with Gasteiger partial charge in [0.05, 0.1) is 4.92 Å². The fraction of sp³-hybridized carbons (Fsp3) is 0.556. The van der Waals surface area contributed by atoms with Crippen LogP contribution in [0.25, 0.3) is 5.65 Å². The SMILES string of the molecule is CN1CCCC(N2CCN(c3nc4ccccn4c(=O)c3[N+](=O)[O-])CC2)C1. The van der Waals surface area contributed by atoms with E-state index in [0.717, 1.165) is 26.2 Å². The molecule has 27 heavy (non-hydrogen) atoms. The summed E-state index contributed by atoms with van der Waals surface area (Å²) in [6, 6.07) is 5.67. The Morgan fingerprint density at radius 1 is 1.19 bits per heavy atom. The topological polar surface area (TPSA) is 87.2 Å². The maximum Gasteiger partial charge on any atom is 0.376 e. The van der Waals surface area contributed by atoms with E-state index in [2.05, 4.69) is 21.8 Å². The molecule has 144 valence electrons. The van der Waals surface area contributed by atoms with Gasteiger partial charge >= 0.3 is 11.2 Å². The summed E-state index contributed by atoms with van der Waals surface area (Å²) in [6.45, 7) is 5.13. The summed E-state index contributed by atoms with van der Waals surface area (Å²) in [4.78, 5) is 34.8. The van der Waals surface area contributed by atoms with E-state index in [-0.39, 0.29) is 5.82 Å². The van der Waals surface area contributed by atoms with E-state index in [0.29, 0.717) is 24.8 Å². The summed E-state index contributed by atoms with van der Waals surface area (Å²) in [6.07, 6.45) is 3.91. The molecule has 2 aromatic rings. The molecule has 9 nitrogen and oxygen atoms in total. The van der Waals surface area contributed by atoms with Crippen molar-refractivity contribution in [2.45, 2.75) is 18.9 Å². The van der Waals surface area contributed by atoms with E-state index >= 15 is 0 Å². The number of hydrogen-bond donors (Lipinski definition) is 0. The first kappa shape index (κ1) is 17.9. The van der Waals surface area contributed by atoms with Crippen molar-refractivity contribution in [2.75, 3.05) is 51.2 Å². The lowest BCUT2D eigenvalue weighted by atomic mass is 10.0. The van der Waals surface area contributed by atoms with Crippen LogP contribution in [0.2, 0.25) is 0 Å². The van der Waals surface area contributed by atoms with E-state index in [4.69, 9.17) is 0 Å². The van der Waals surface area contributed by atoms with Crippen molar-refractivity contribution in [3.63, 3.8) is 0 Å². The van der Waals surface area contributed by atoms with Crippen molar-refractivity contribution in [2.24, 2.45) is 0 Å². The van der Waals surface area contributed by atoms with E-state index in [1.807, 2.05) is 4.90 Å². The minimum absolute atomic E-state index is 0.191. The van der Waals surface area contributed by atoms with E-state index in [9.17, 15) is 14.9 Å². The first-order valence-corrected chi connectivity index (χ1v) is 9.38. The van der Waals surface area contributed by atoms with Gasteiger partial charge in [-0.05, 0) is 38.6 Å². The molecule has 2 aliphatic heterocycles. The van der Waals surface area contributed by atoms with Crippen LogP contribution in [-0.2, 0) is 0 Å². The Labute approximate surface area is 157 Å². The van der Waals surface area contributed by atoms with Gasteiger partial charge in [-0.2, -0.15) is 0 Å². The Morgan fingerprint density at radius 2 is 1.96 bits per heavy atom. The second-order valence-electron chi connectivity index (χ2n) is 7.36. The molecule has 9 heteroatoms. The summed E-state index contributed by atoms with van der Waals surface area (Å²) in [5.74, 6) is 0.191. The molecule has 1 atom stereocenters. The molecule has 0 spiro atoms. The Balaban J connectivity index is 1.59. The molecule has 2 saturated heterocycles. The largest absolute Gasteiger partial charge is 0.376 e. The molecule has 2 aliphatic rings. The maximum atomic E-state index is 12.6. The van der Waals surface area contributed by atoms with Gasteiger partial charge in [-0.3, -0.25) is 24.2 Å². The maximum absolute atomic E-state index is 12.6. The molecule has 0 radical (unpaired) electrons. The van der Waals surface area contributed by atoms with E-state index < -0.39 is 16.2 Å². The van der Waals surface area contributed by atoms with Crippen molar-refractivity contribution in [3.05, 3.63) is 44.9 Å². The Kier molecular flexibility index (Phi) is 4.79. The van der Waals surface area contributed by atoms with Crippen molar-refractivity contribution in [1.29, 1.82) is 0 Å². The quantitative estimate of drug-likeness (QED) is 0.582. The van der Waals surface area contributed by atoms with E-state index in [1.165, 1.54) is 23.4 Å². The number of nitro groups is 1. The van der Waals surface area contributed by atoms with Crippen molar-refractivity contribution in [3.8, 4) is 0 Å². The van der Waals surface area contributed by atoms with Gasteiger partial charge in [-0.1, -0.05) is 6.07 Å². The molecule has 0 saturated carbocycles. The second-order valence-corrected chi connectivity index (χ2v) is 7.36. The Bertz CT molecular complexity index is 906. The summed E-state index contributed by atoms with van der Waals surface area (Å²) >= 11 is 0. The first-order valence-electron chi connectivity index (χ1n) is 9.38. The number of anilines is 1. The summed E-state index contributed by atoms with van der Waals surface area (Å²) < 4.78 is 1.23. The molecule has 4 rings (SSSR count). The van der Waals surface area contributed by atoms with Gasteiger partial charge in [0.25, 0.3) is 0 Å². The number of likely N-dealkylation sites (tertiary alicyclic amines) is 1. The molecule has 0 bridgehead atoms. The molecule has 0 aromatic carbocycles. The zero-order chi connectivity index (χ0) is 19.0. The van der Waals surface area contributed by atoms with Crippen LogP contribution in [0.5, 0.6) is 0 Å². The number of piperazine rings is 1. The highest BCUT2D eigenvalue weighted by Gasteiger charge is 2.32. The minimum atomic E-state index is -0.628. The third-order valence-corrected chi connectivity index (χ3v) is 5.60. The number of piperidine rings is 1. The lowest BCUT2D eigenvalue weighted by Crippen LogP contribution is -2.54. The highest BCUT2D eigenvalue weighted by molar-refractivity contribution is 5.61. The first-order chi connectivity index (χ1) is 13.0. The number of likely N-dealkylation sites (N-methyl/N-ethyl adjacent to an activating group) is 1. The summed E-state index contributed by atoms with van der Waals surface area (Å²) in [7, 11) is 2.15. The monoisotopic (exact) mass is 372 g/mol. The minimum Gasteiger partial charge on any atom is -0.348 e. The average Bonchev–Trinajstić information content (AvgIpc) is 2.68. The Morgan fingerprint density at radius 3 is 2.67 bits per heavy atom. The fourth-order valence-corrected chi connectivity index (χ4v) is 4.18. The number of rotatable bonds is 3. The standard InChI is InChI=1S/C18H24N6O3/c1-20-7-4-5-14(13-20)21-9-11-22(12-10-21)17-16(24(26)27)18(25)23-8-3-2-6-15(23)19-17/h2-3,6,8,14H,4-5,7,9-13H2,1H3. The smallest absolute Gasteiger partial charge is 0.348 e. The van der Waals surface area contributed by atoms with E-state index in [1.54, 1.807) is 18.2 Å². The lowest BCUT2D eigenvalue weighted by molar-refractivity contribution is -0.385. The summed E-state index contributed by atoms with van der Waals surface area (Å²) in [5, 5.41) is 11.6. The van der Waals surface area contributed by atoms with Gasteiger partial charge in [0, 0.05) is 45.0 Å². The number of pyridine rings is 1. The van der Waals surface area contributed by atoms with Crippen LogP contribution in [0.15, 0.2) is 29.2 Å². The van der Waals surface area contributed by atoms with Crippen LogP contribution in [0.4, 0.5) is 11.5 Å². The molecular formula is C18H24N6O3. The van der Waals surface area contributed by atoms with Gasteiger partial charge in [0.2, 0.25) is 5.82 Å². The number of hydrogen-bond acceptors (Lipinski definition) is 7. The normalized spacial score (nSPS) is 22.3. The van der Waals surface area contributed by atoms with Gasteiger partial charge in [-0.25, -0.2) is 4.98 Å². The molecule has 0 N–H and O–H groups in total. The fourth-order valence-electron chi connectivity index (χ4n) is 4.18. The second kappa shape index (κ2) is 7.24. The molecule has 2 aromatic heterocycles. The van der Waals surface area contributed by atoms with Crippen molar-refractivity contribution in [1.82, 2.24) is 19.2 Å². The molecule has 0 amide bonds. The molecular weight excluding hydrogens is 348 g/mol. The van der Waals surface area contributed by atoms with Crippen LogP contribution in [0.3, 0.4) is 0 Å². The number of nitrogens with zero attached hydrogens (tertiary/aromatic N) is 6. The van der Waals surface area contributed by atoms with Crippen LogP contribution in [-0.4, -0.2) is 76.5 Å². The predicted octanol–water partition coefficient (Wildman–Crippen LogP) is 0.819. The average molecular weight is 372 g/mol. The molecule has 2 fully saturated rings. The van der Waals surface area contributed by atoms with Crippen LogP contribution in [0.1, 0.15) is 12.8 Å². The molecule has 4 heterocycles. The van der Waals surface area contributed by atoms with Crippen LogP contribution >= 0.6 is 0 Å².